The maximum absolute atomic E-state index is 13.2. The molecular weight excluding hydrogens is 212 g/mol. The lowest BCUT2D eigenvalue weighted by Gasteiger charge is -2.10. The van der Waals surface area contributed by atoms with Gasteiger partial charge in [-0.3, -0.25) is 4.79 Å². The van der Waals surface area contributed by atoms with E-state index in [1.807, 2.05) is 13.8 Å². The van der Waals surface area contributed by atoms with Gasteiger partial charge in [-0.05, 0) is 18.1 Å². The fourth-order valence-electron chi connectivity index (χ4n) is 1.19. The second-order valence-electron chi connectivity index (χ2n) is 3.82. The standard InChI is InChI=1S/C12H15F2NO/c1-3-8(2)7-15-12(16)9-5-4-6-10(13)11(9)14/h4-6,8H,3,7H2,1-2H3,(H,15,16). The van der Waals surface area contributed by atoms with Crippen LogP contribution in [0.25, 0.3) is 0 Å². The van der Waals surface area contributed by atoms with Crippen molar-refractivity contribution in [1.82, 2.24) is 5.32 Å². The van der Waals surface area contributed by atoms with Gasteiger partial charge in [0.25, 0.3) is 5.91 Å². The minimum absolute atomic E-state index is 0.247. The Labute approximate surface area is 93.7 Å². The molecule has 1 aromatic rings. The van der Waals surface area contributed by atoms with Crippen molar-refractivity contribution in [3.05, 3.63) is 35.4 Å². The molecule has 1 rings (SSSR count). The third-order valence-electron chi connectivity index (χ3n) is 2.50. The number of halogens is 2. The first-order valence-electron chi connectivity index (χ1n) is 5.28. The van der Waals surface area contributed by atoms with E-state index in [4.69, 9.17) is 0 Å². The molecule has 0 aliphatic heterocycles. The van der Waals surface area contributed by atoms with E-state index in [0.29, 0.717) is 12.5 Å². The van der Waals surface area contributed by atoms with Crippen molar-refractivity contribution >= 4 is 5.91 Å². The Morgan fingerprint density at radius 2 is 2.12 bits per heavy atom. The second kappa shape index (κ2) is 5.58. The number of hydrogen-bond donors (Lipinski definition) is 1. The van der Waals surface area contributed by atoms with Crippen LogP contribution >= 0.6 is 0 Å². The summed E-state index contributed by atoms with van der Waals surface area (Å²) >= 11 is 0. The van der Waals surface area contributed by atoms with Crippen LogP contribution in [0, 0.1) is 17.6 Å². The average molecular weight is 227 g/mol. The predicted octanol–water partition coefficient (Wildman–Crippen LogP) is 2.74. The molecule has 2 nitrogen and oxygen atoms in total. The van der Waals surface area contributed by atoms with E-state index in [0.717, 1.165) is 12.5 Å². The molecule has 0 radical (unpaired) electrons. The molecule has 0 spiro atoms. The van der Waals surface area contributed by atoms with Crippen molar-refractivity contribution in [3.63, 3.8) is 0 Å². The Morgan fingerprint density at radius 1 is 1.44 bits per heavy atom. The van der Waals surface area contributed by atoms with Crippen LogP contribution in [0.4, 0.5) is 8.78 Å². The van der Waals surface area contributed by atoms with Crippen LogP contribution in [0.3, 0.4) is 0 Å². The molecule has 0 saturated heterocycles. The number of rotatable bonds is 4. The number of amides is 1. The lowest BCUT2D eigenvalue weighted by molar-refractivity contribution is 0.0942. The Balaban J connectivity index is 2.70. The maximum atomic E-state index is 13.2. The highest BCUT2D eigenvalue weighted by atomic mass is 19.2. The molecular formula is C12H15F2NO. The quantitative estimate of drug-likeness (QED) is 0.841. The van der Waals surface area contributed by atoms with E-state index in [1.165, 1.54) is 12.1 Å². The Hall–Kier alpha value is -1.45. The maximum Gasteiger partial charge on any atom is 0.254 e. The highest BCUT2D eigenvalue weighted by Gasteiger charge is 2.14. The predicted molar refractivity (Wildman–Crippen MR) is 58.1 cm³/mol. The lowest BCUT2D eigenvalue weighted by atomic mass is 10.1. The number of hydrogen-bond acceptors (Lipinski definition) is 1. The first-order chi connectivity index (χ1) is 7.56. The van der Waals surface area contributed by atoms with E-state index in [9.17, 15) is 13.6 Å². The highest BCUT2D eigenvalue weighted by Crippen LogP contribution is 2.11. The molecule has 1 N–H and O–H groups in total. The third-order valence-corrected chi connectivity index (χ3v) is 2.50. The number of nitrogens with one attached hydrogen (secondary N) is 1. The topological polar surface area (TPSA) is 29.1 Å². The van der Waals surface area contributed by atoms with E-state index >= 15 is 0 Å². The van der Waals surface area contributed by atoms with Crippen LogP contribution in [-0.4, -0.2) is 12.5 Å². The summed E-state index contributed by atoms with van der Waals surface area (Å²) in [5, 5.41) is 2.57. The van der Waals surface area contributed by atoms with Gasteiger partial charge < -0.3 is 5.32 Å². The van der Waals surface area contributed by atoms with Crippen LogP contribution in [0.15, 0.2) is 18.2 Å². The second-order valence-corrected chi connectivity index (χ2v) is 3.82. The van der Waals surface area contributed by atoms with Gasteiger partial charge in [0.2, 0.25) is 0 Å². The zero-order valence-corrected chi connectivity index (χ0v) is 9.39. The average Bonchev–Trinajstić information content (AvgIpc) is 2.29. The van der Waals surface area contributed by atoms with E-state index in [-0.39, 0.29) is 5.56 Å². The van der Waals surface area contributed by atoms with E-state index in [1.54, 1.807) is 0 Å². The summed E-state index contributed by atoms with van der Waals surface area (Å²) in [6, 6.07) is 3.57. The van der Waals surface area contributed by atoms with Gasteiger partial charge in [-0.1, -0.05) is 26.3 Å². The number of carbonyl (C=O) groups excluding carboxylic acids is 1. The molecule has 1 aromatic carbocycles. The molecule has 4 heteroatoms. The van der Waals surface area contributed by atoms with E-state index < -0.39 is 17.5 Å². The zero-order valence-electron chi connectivity index (χ0n) is 9.39. The fraction of sp³-hybridized carbons (Fsp3) is 0.417. The van der Waals surface area contributed by atoms with Crippen LogP contribution in [0.1, 0.15) is 30.6 Å². The molecule has 0 aliphatic carbocycles. The lowest BCUT2D eigenvalue weighted by Crippen LogP contribution is -2.28. The molecule has 0 fully saturated rings. The summed E-state index contributed by atoms with van der Waals surface area (Å²) in [4.78, 5) is 11.5. The monoisotopic (exact) mass is 227 g/mol. The van der Waals surface area contributed by atoms with Crippen molar-refractivity contribution in [3.8, 4) is 0 Å². The SMILES string of the molecule is CCC(C)CNC(=O)c1cccc(F)c1F. The van der Waals surface area contributed by atoms with Crippen molar-refractivity contribution in [2.24, 2.45) is 5.92 Å². The summed E-state index contributed by atoms with van der Waals surface area (Å²) in [5.41, 5.74) is -0.247. The summed E-state index contributed by atoms with van der Waals surface area (Å²) in [7, 11) is 0. The van der Waals surface area contributed by atoms with Gasteiger partial charge in [0, 0.05) is 6.54 Å². The van der Waals surface area contributed by atoms with Gasteiger partial charge >= 0.3 is 0 Å². The van der Waals surface area contributed by atoms with Gasteiger partial charge in [0.1, 0.15) is 0 Å². The van der Waals surface area contributed by atoms with E-state index in [2.05, 4.69) is 5.32 Å². The molecule has 0 saturated carbocycles. The largest absolute Gasteiger partial charge is 0.352 e. The van der Waals surface area contributed by atoms with Gasteiger partial charge in [-0.2, -0.15) is 0 Å². The molecule has 0 aromatic heterocycles. The highest BCUT2D eigenvalue weighted by molar-refractivity contribution is 5.94. The zero-order chi connectivity index (χ0) is 12.1. The van der Waals surface area contributed by atoms with Crippen molar-refractivity contribution in [2.45, 2.75) is 20.3 Å². The summed E-state index contributed by atoms with van der Waals surface area (Å²) in [6.07, 6.45) is 0.923. The first-order valence-corrected chi connectivity index (χ1v) is 5.28. The molecule has 88 valence electrons. The Bertz CT molecular complexity index is 379. The van der Waals surface area contributed by atoms with Gasteiger partial charge in [-0.25, -0.2) is 8.78 Å². The summed E-state index contributed by atoms with van der Waals surface area (Å²) in [5.74, 6) is -2.35. The fourth-order valence-corrected chi connectivity index (χ4v) is 1.19. The summed E-state index contributed by atoms with van der Waals surface area (Å²) in [6.45, 7) is 4.44. The molecule has 1 amide bonds. The van der Waals surface area contributed by atoms with Gasteiger partial charge in [0.05, 0.1) is 5.56 Å². The van der Waals surface area contributed by atoms with Crippen molar-refractivity contribution < 1.29 is 13.6 Å². The number of carbonyl (C=O) groups is 1. The normalized spacial score (nSPS) is 12.2. The Kier molecular flexibility index (Phi) is 4.40. The van der Waals surface area contributed by atoms with Crippen molar-refractivity contribution in [2.75, 3.05) is 6.54 Å². The molecule has 0 aliphatic rings. The molecule has 0 heterocycles. The smallest absolute Gasteiger partial charge is 0.254 e. The van der Waals surface area contributed by atoms with Crippen LogP contribution in [0.2, 0.25) is 0 Å². The van der Waals surface area contributed by atoms with Gasteiger partial charge in [0.15, 0.2) is 11.6 Å². The van der Waals surface area contributed by atoms with Crippen LogP contribution in [-0.2, 0) is 0 Å². The van der Waals surface area contributed by atoms with Gasteiger partial charge in [-0.15, -0.1) is 0 Å². The minimum Gasteiger partial charge on any atom is -0.352 e. The summed E-state index contributed by atoms with van der Waals surface area (Å²) < 4.78 is 26.1. The minimum atomic E-state index is -1.09. The van der Waals surface area contributed by atoms with Crippen LogP contribution in [0.5, 0.6) is 0 Å². The third kappa shape index (κ3) is 3.02. The first kappa shape index (κ1) is 12.6. The molecule has 0 bridgehead atoms. The van der Waals surface area contributed by atoms with Crippen molar-refractivity contribution in [1.29, 1.82) is 0 Å². The Morgan fingerprint density at radius 3 is 2.75 bits per heavy atom. The molecule has 16 heavy (non-hydrogen) atoms. The molecule has 1 unspecified atom stereocenters. The number of benzene rings is 1. The molecule has 1 atom stereocenters. The van der Waals surface area contributed by atoms with Crippen LogP contribution < -0.4 is 5.32 Å².